The smallest absolute Gasteiger partial charge is 0.416 e. The van der Waals surface area contributed by atoms with Crippen LogP contribution >= 0.6 is 11.6 Å². The average Bonchev–Trinajstić information content (AvgIpc) is 3.13. The van der Waals surface area contributed by atoms with E-state index in [1.54, 1.807) is 0 Å². The van der Waals surface area contributed by atoms with Gasteiger partial charge >= 0.3 is 6.18 Å². The second kappa shape index (κ2) is 9.58. The molecule has 10 heteroatoms. The molecule has 1 fully saturated rings. The average molecular weight is 518 g/mol. The van der Waals surface area contributed by atoms with Crippen molar-refractivity contribution in [2.75, 3.05) is 19.1 Å². The predicted molar refractivity (Wildman–Crippen MR) is 127 cm³/mol. The number of anilines is 1. The van der Waals surface area contributed by atoms with Crippen molar-refractivity contribution in [1.82, 2.24) is 0 Å². The molecular weight excluding hydrogens is 499 g/mol. The number of Topliss-reactive ketones (excluding diaryl/α,β-unsaturated/α-hetero) is 1. The molecule has 36 heavy (non-hydrogen) atoms. The highest BCUT2D eigenvalue weighted by Crippen LogP contribution is 2.45. The Kier molecular flexibility index (Phi) is 6.69. The summed E-state index contributed by atoms with van der Waals surface area (Å²) in [6, 6.07) is 13.3. The van der Waals surface area contributed by atoms with Gasteiger partial charge in [-0.25, -0.2) is 0 Å². The summed E-state index contributed by atoms with van der Waals surface area (Å²) in [5, 5.41) is 11.5. The third kappa shape index (κ3) is 4.49. The number of carbonyl (C=O) groups is 2. The lowest BCUT2D eigenvalue weighted by Crippen LogP contribution is -2.29. The molecule has 0 spiro atoms. The number of benzene rings is 3. The van der Waals surface area contributed by atoms with E-state index in [2.05, 4.69) is 0 Å². The molecule has 1 aliphatic rings. The van der Waals surface area contributed by atoms with Crippen LogP contribution in [0.1, 0.15) is 22.7 Å². The fraction of sp³-hybridized carbons (Fsp3) is 0.154. The minimum atomic E-state index is -4.67. The number of aliphatic hydroxyl groups excluding tert-OH is 1. The van der Waals surface area contributed by atoms with Crippen LogP contribution < -0.4 is 14.4 Å². The molecule has 1 heterocycles. The molecule has 0 aromatic heterocycles. The van der Waals surface area contributed by atoms with E-state index in [0.717, 1.165) is 23.1 Å². The number of methoxy groups -OCH3 is 2. The molecule has 186 valence electrons. The highest BCUT2D eigenvalue weighted by molar-refractivity contribution is 6.51. The molecule has 0 unspecified atom stereocenters. The number of halogens is 4. The van der Waals surface area contributed by atoms with Crippen molar-refractivity contribution in [3.63, 3.8) is 0 Å². The number of alkyl halides is 3. The normalized spacial score (nSPS) is 17.4. The van der Waals surface area contributed by atoms with E-state index in [4.69, 9.17) is 21.1 Å². The van der Waals surface area contributed by atoms with Gasteiger partial charge in [0.05, 0.1) is 31.4 Å². The summed E-state index contributed by atoms with van der Waals surface area (Å²) in [5.74, 6) is -2.03. The molecule has 0 aliphatic carbocycles. The number of ether oxygens (including phenoxy) is 2. The number of nitrogens with zero attached hydrogens (tertiary/aromatic N) is 1. The number of rotatable bonds is 5. The first-order valence-corrected chi connectivity index (χ1v) is 10.9. The van der Waals surface area contributed by atoms with Gasteiger partial charge < -0.3 is 14.6 Å². The van der Waals surface area contributed by atoms with Crippen LogP contribution in [0.5, 0.6) is 11.5 Å². The lowest BCUT2D eigenvalue weighted by Gasteiger charge is -2.26. The Bertz CT molecular complexity index is 1370. The van der Waals surface area contributed by atoms with Crippen LogP contribution in [-0.4, -0.2) is 31.0 Å². The minimum absolute atomic E-state index is 0.165. The van der Waals surface area contributed by atoms with Gasteiger partial charge in [-0.15, -0.1) is 0 Å². The summed E-state index contributed by atoms with van der Waals surface area (Å²) in [6.45, 7) is 0. The van der Waals surface area contributed by atoms with Gasteiger partial charge in [0.2, 0.25) is 0 Å². The molecule has 1 amide bonds. The third-order valence-corrected chi connectivity index (χ3v) is 5.99. The van der Waals surface area contributed by atoms with Crippen LogP contribution in [0.15, 0.2) is 72.3 Å². The van der Waals surface area contributed by atoms with Gasteiger partial charge in [-0.2, -0.15) is 13.2 Å². The molecule has 6 nitrogen and oxygen atoms in total. The van der Waals surface area contributed by atoms with E-state index in [-0.39, 0.29) is 22.6 Å². The molecule has 1 saturated heterocycles. The van der Waals surface area contributed by atoms with E-state index < -0.39 is 35.2 Å². The zero-order chi connectivity index (χ0) is 26.2. The largest absolute Gasteiger partial charge is 0.507 e. The Morgan fingerprint density at radius 1 is 0.944 bits per heavy atom. The highest BCUT2D eigenvalue weighted by Gasteiger charge is 2.47. The summed E-state index contributed by atoms with van der Waals surface area (Å²) >= 11 is 5.92. The van der Waals surface area contributed by atoms with Crippen LogP contribution in [0.2, 0.25) is 5.02 Å². The molecule has 0 bridgehead atoms. The van der Waals surface area contributed by atoms with Crippen molar-refractivity contribution in [3.8, 4) is 11.5 Å². The molecule has 1 N–H and O–H groups in total. The Balaban J connectivity index is 1.97. The van der Waals surface area contributed by atoms with E-state index in [9.17, 15) is 27.9 Å². The van der Waals surface area contributed by atoms with E-state index in [1.165, 1.54) is 62.8 Å². The standard InChI is InChI=1S/C26H19ClF3NO5/c1-35-19-11-8-15(12-20(19)36-2)22-21(23(32)14-6-9-17(27)10-7-14)24(33)25(34)31(22)18-5-3-4-16(13-18)26(28,29)30/h3-13,22,32H,1-2H3/b23-21+/t22-/m1/s1. The molecule has 1 atom stereocenters. The lowest BCUT2D eigenvalue weighted by atomic mass is 9.94. The van der Waals surface area contributed by atoms with Crippen LogP contribution in [0.3, 0.4) is 0 Å². The lowest BCUT2D eigenvalue weighted by molar-refractivity contribution is -0.137. The topological polar surface area (TPSA) is 76.1 Å². The second-order valence-corrected chi connectivity index (χ2v) is 8.27. The number of aliphatic hydroxyl groups is 1. The van der Waals surface area contributed by atoms with E-state index in [0.29, 0.717) is 16.3 Å². The van der Waals surface area contributed by atoms with E-state index in [1.807, 2.05) is 0 Å². The van der Waals surface area contributed by atoms with Gasteiger partial charge in [0, 0.05) is 16.3 Å². The zero-order valence-electron chi connectivity index (χ0n) is 19.0. The summed E-state index contributed by atoms with van der Waals surface area (Å²) in [7, 11) is 2.81. The maximum Gasteiger partial charge on any atom is 0.416 e. The molecular formula is C26H19ClF3NO5. The molecule has 3 aromatic rings. The Labute approximate surface area is 209 Å². The van der Waals surface area contributed by atoms with Crippen molar-refractivity contribution in [3.05, 3.63) is 94.0 Å². The highest BCUT2D eigenvalue weighted by atomic mass is 35.5. The van der Waals surface area contributed by atoms with E-state index >= 15 is 0 Å². The summed E-state index contributed by atoms with van der Waals surface area (Å²) in [6.07, 6.45) is -4.67. The Hall–Kier alpha value is -3.98. The van der Waals surface area contributed by atoms with Gasteiger partial charge in [-0.3, -0.25) is 14.5 Å². The monoisotopic (exact) mass is 517 g/mol. The summed E-state index contributed by atoms with van der Waals surface area (Å²) < 4.78 is 50.9. The number of ketones is 1. The van der Waals surface area contributed by atoms with Crippen molar-refractivity contribution in [2.45, 2.75) is 12.2 Å². The second-order valence-electron chi connectivity index (χ2n) is 7.84. The van der Waals surface area contributed by atoms with Gasteiger partial charge in [0.15, 0.2) is 11.5 Å². The third-order valence-electron chi connectivity index (χ3n) is 5.74. The molecule has 1 aliphatic heterocycles. The fourth-order valence-corrected chi connectivity index (χ4v) is 4.16. The Morgan fingerprint density at radius 3 is 2.22 bits per heavy atom. The van der Waals surface area contributed by atoms with Crippen molar-refractivity contribution in [1.29, 1.82) is 0 Å². The Morgan fingerprint density at radius 2 is 1.61 bits per heavy atom. The maximum absolute atomic E-state index is 13.4. The number of carbonyl (C=O) groups excluding carboxylic acids is 2. The van der Waals surface area contributed by atoms with Gasteiger partial charge in [0.1, 0.15) is 5.76 Å². The first-order chi connectivity index (χ1) is 17.1. The molecule has 4 rings (SSSR count). The quantitative estimate of drug-likeness (QED) is 0.255. The van der Waals surface area contributed by atoms with Crippen LogP contribution in [0.25, 0.3) is 5.76 Å². The van der Waals surface area contributed by atoms with Crippen molar-refractivity contribution < 1.29 is 37.3 Å². The maximum atomic E-state index is 13.4. The number of hydrogen-bond acceptors (Lipinski definition) is 5. The van der Waals surface area contributed by atoms with Gasteiger partial charge in [-0.1, -0.05) is 23.7 Å². The van der Waals surface area contributed by atoms with Crippen LogP contribution in [0.4, 0.5) is 18.9 Å². The van der Waals surface area contributed by atoms with Gasteiger partial charge in [0.25, 0.3) is 11.7 Å². The zero-order valence-corrected chi connectivity index (χ0v) is 19.7. The van der Waals surface area contributed by atoms with Crippen molar-refractivity contribution in [2.24, 2.45) is 0 Å². The van der Waals surface area contributed by atoms with Gasteiger partial charge in [-0.05, 0) is 60.2 Å². The minimum Gasteiger partial charge on any atom is -0.507 e. The fourth-order valence-electron chi connectivity index (χ4n) is 4.03. The molecule has 0 radical (unpaired) electrons. The summed E-state index contributed by atoms with van der Waals surface area (Å²) in [4.78, 5) is 27.3. The molecule has 0 saturated carbocycles. The van der Waals surface area contributed by atoms with Crippen LogP contribution in [-0.2, 0) is 15.8 Å². The number of hydrogen-bond donors (Lipinski definition) is 1. The summed E-state index contributed by atoms with van der Waals surface area (Å²) in [5.41, 5.74) is -0.953. The van der Waals surface area contributed by atoms with Crippen LogP contribution in [0, 0.1) is 0 Å². The molecule has 3 aromatic carbocycles. The number of amides is 1. The van der Waals surface area contributed by atoms with Crippen molar-refractivity contribution >= 4 is 34.7 Å². The first kappa shape index (κ1) is 25.1. The first-order valence-electron chi connectivity index (χ1n) is 10.5. The SMILES string of the molecule is COc1ccc([C@@H]2/C(=C(\O)c3ccc(Cl)cc3)C(=O)C(=O)N2c2cccc(C(F)(F)F)c2)cc1OC. The predicted octanol–water partition coefficient (Wildman–Crippen LogP) is 6.00.